The highest BCUT2D eigenvalue weighted by molar-refractivity contribution is 6.32. The summed E-state index contributed by atoms with van der Waals surface area (Å²) in [6, 6.07) is 4.39. The molecule has 2 aliphatic heterocycles. The number of rotatable bonds is 11. The molecule has 1 aliphatic carbocycles. The molecule has 0 bridgehead atoms. The van der Waals surface area contributed by atoms with Gasteiger partial charge in [0.15, 0.2) is 0 Å². The second-order valence-corrected chi connectivity index (χ2v) is 11.5. The van der Waals surface area contributed by atoms with Gasteiger partial charge in [-0.05, 0) is 63.3 Å². The number of unbranched alkanes of at least 4 members (excludes halogenated alkanes) is 3. The third-order valence-corrected chi connectivity index (χ3v) is 8.74. The molecule has 0 N–H and O–H groups in total. The molecule has 2 fully saturated rings. The van der Waals surface area contributed by atoms with E-state index < -0.39 is 29.1 Å². The van der Waals surface area contributed by atoms with Gasteiger partial charge in [-0.1, -0.05) is 38.5 Å². The Morgan fingerprint density at radius 1 is 1.00 bits per heavy atom. The van der Waals surface area contributed by atoms with Crippen LogP contribution < -0.4 is 4.90 Å². The maximum Gasteiger partial charge on any atom is 0.417 e. The molecule has 1 aromatic carbocycles. The van der Waals surface area contributed by atoms with Crippen molar-refractivity contribution in [3.05, 3.63) is 40.5 Å². The van der Waals surface area contributed by atoms with E-state index in [-0.39, 0.29) is 11.3 Å². The first kappa shape index (κ1) is 30.8. The monoisotopic (exact) mass is 572 g/mol. The molecule has 0 atom stereocenters. The molecule has 1 saturated carbocycles. The SMILES string of the molecule is CC1=C(CCCCCCN2CCN(C(=O)CCC3CCCC3)CC2)C(=O)N(c2ccc(C#N)c(C(F)(F)F)c2)C1=O. The third kappa shape index (κ3) is 7.56. The number of alkyl halides is 3. The molecule has 1 aromatic rings. The lowest BCUT2D eigenvalue weighted by molar-refractivity contribution is -0.138. The van der Waals surface area contributed by atoms with E-state index in [0.29, 0.717) is 36.8 Å². The van der Waals surface area contributed by atoms with E-state index in [4.69, 9.17) is 5.26 Å². The summed E-state index contributed by atoms with van der Waals surface area (Å²) in [7, 11) is 0. The van der Waals surface area contributed by atoms with Gasteiger partial charge in [0.25, 0.3) is 11.8 Å². The van der Waals surface area contributed by atoms with E-state index in [1.165, 1.54) is 44.7 Å². The normalized spacial score (nSPS) is 19.0. The summed E-state index contributed by atoms with van der Waals surface area (Å²) >= 11 is 0. The van der Waals surface area contributed by atoms with Gasteiger partial charge in [-0.2, -0.15) is 18.4 Å². The number of hydrogen-bond acceptors (Lipinski definition) is 5. The molecule has 10 heteroatoms. The van der Waals surface area contributed by atoms with E-state index in [9.17, 15) is 27.6 Å². The van der Waals surface area contributed by atoms with Crippen molar-refractivity contribution in [2.45, 2.75) is 83.7 Å². The van der Waals surface area contributed by atoms with Crippen molar-refractivity contribution in [1.82, 2.24) is 9.80 Å². The number of nitrogens with zero attached hydrogens (tertiary/aromatic N) is 4. The topological polar surface area (TPSA) is 84.7 Å². The van der Waals surface area contributed by atoms with Crippen LogP contribution in [0, 0.1) is 17.2 Å². The highest BCUT2D eigenvalue weighted by Gasteiger charge is 2.39. The Kier molecular flexibility index (Phi) is 10.2. The number of piperazine rings is 1. The Hall–Kier alpha value is -3.19. The number of amides is 3. The van der Waals surface area contributed by atoms with Gasteiger partial charge in [0.2, 0.25) is 5.91 Å². The molecular weight excluding hydrogens is 533 g/mol. The zero-order valence-electron chi connectivity index (χ0n) is 23.8. The van der Waals surface area contributed by atoms with Gasteiger partial charge in [-0.25, -0.2) is 4.90 Å². The molecule has 3 aliphatic rings. The summed E-state index contributed by atoms with van der Waals surface area (Å²) in [5, 5.41) is 9.02. The van der Waals surface area contributed by atoms with E-state index in [0.717, 1.165) is 75.3 Å². The molecule has 0 aromatic heterocycles. The van der Waals surface area contributed by atoms with E-state index in [2.05, 4.69) is 4.90 Å². The van der Waals surface area contributed by atoms with E-state index >= 15 is 0 Å². The number of benzene rings is 1. The number of nitriles is 1. The van der Waals surface area contributed by atoms with Crippen LogP contribution in [0.15, 0.2) is 29.3 Å². The molecular formula is C31H39F3N4O3. The first-order valence-corrected chi connectivity index (χ1v) is 14.8. The van der Waals surface area contributed by atoms with Crippen molar-refractivity contribution in [3.63, 3.8) is 0 Å². The fourth-order valence-corrected chi connectivity index (χ4v) is 6.21. The number of imide groups is 1. The first-order chi connectivity index (χ1) is 19.6. The van der Waals surface area contributed by atoms with Crippen molar-refractivity contribution < 1.29 is 27.6 Å². The van der Waals surface area contributed by atoms with Gasteiger partial charge in [-0.15, -0.1) is 0 Å². The average molecular weight is 573 g/mol. The molecule has 222 valence electrons. The van der Waals surface area contributed by atoms with Gasteiger partial charge in [0.05, 0.1) is 22.9 Å². The van der Waals surface area contributed by atoms with Crippen molar-refractivity contribution in [1.29, 1.82) is 5.26 Å². The van der Waals surface area contributed by atoms with Crippen LogP contribution in [0.3, 0.4) is 0 Å². The molecule has 0 spiro atoms. The molecule has 0 radical (unpaired) electrons. The van der Waals surface area contributed by atoms with E-state index in [1.807, 2.05) is 4.90 Å². The molecule has 4 rings (SSSR count). The fourth-order valence-electron chi connectivity index (χ4n) is 6.21. The molecule has 1 saturated heterocycles. The van der Waals surface area contributed by atoms with Crippen molar-refractivity contribution in [2.75, 3.05) is 37.6 Å². The van der Waals surface area contributed by atoms with Crippen LogP contribution >= 0.6 is 0 Å². The zero-order valence-corrected chi connectivity index (χ0v) is 23.8. The molecule has 2 heterocycles. The minimum Gasteiger partial charge on any atom is -0.340 e. The number of halogens is 3. The standard InChI is InChI=1S/C31H39F3N4O3/c1-22-26(30(41)38(29(22)40)25-13-12-24(21-35)27(20-25)31(32,33)34)10-4-2-3-7-15-36-16-18-37(19-17-36)28(39)14-11-23-8-5-6-9-23/h12-13,20,23H,2-11,14-19H2,1H3. The zero-order chi connectivity index (χ0) is 29.6. The van der Waals surface area contributed by atoms with Crippen LogP contribution in [-0.2, 0) is 20.6 Å². The minimum atomic E-state index is -4.78. The second kappa shape index (κ2) is 13.6. The summed E-state index contributed by atoms with van der Waals surface area (Å²) in [5.74, 6) is -0.194. The van der Waals surface area contributed by atoms with Crippen molar-refractivity contribution in [2.24, 2.45) is 5.92 Å². The van der Waals surface area contributed by atoms with Crippen molar-refractivity contribution >= 4 is 23.4 Å². The van der Waals surface area contributed by atoms with Crippen molar-refractivity contribution in [3.8, 4) is 6.07 Å². The summed E-state index contributed by atoms with van der Waals surface area (Å²) in [6.45, 7) is 5.83. The second-order valence-electron chi connectivity index (χ2n) is 11.5. The smallest absolute Gasteiger partial charge is 0.340 e. The van der Waals surface area contributed by atoms with Crippen LogP contribution in [0.4, 0.5) is 18.9 Å². The largest absolute Gasteiger partial charge is 0.417 e. The van der Waals surface area contributed by atoms with Crippen LogP contribution in [0.25, 0.3) is 0 Å². The Balaban J connectivity index is 1.16. The summed E-state index contributed by atoms with van der Waals surface area (Å²) in [5.41, 5.74) is -1.33. The van der Waals surface area contributed by atoms with Crippen LogP contribution in [0.1, 0.15) is 88.7 Å². The maximum absolute atomic E-state index is 13.4. The number of carbonyl (C=O) groups excluding carboxylic acids is 3. The highest BCUT2D eigenvalue weighted by Crippen LogP contribution is 2.37. The average Bonchev–Trinajstić information content (AvgIpc) is 3.55. The predicted octanol–water partition coefficient (Wildman–Crippen LogP) is 5.83. The van der Waals surface area contributed by atoms with Gasteiger partial charge in [0, 0.05) is 43.7 Å². The molecule has 3 amide bonds. The lowest BCUT2D eigenvalue weighted by atomic mass is 10.0. The first-order valence-electron chi connectivity index (χ1n) is 14.8. The summed E-state index contributed by atoms with van der Waals surface area (Å²) in [6.07, 6.45) is 6.00. The molecule has 7 nitrogen and oxygen atoms in total. The van der Waals surface area contributed by atoms with Crippen LogP contribution in [-0.4, -0.2) is 60.2 Å². The summed E-state index contributed by atoms with van der Waals surface area (Å²) in [4.78, 5) is 43.5. The Bertz CT molecular complexity index is 1210. The minimum absolute atomic E-state index is 0.184. The maximum atomic E-state index is 13.4. The van der Waals surface area contributed by atoms with Crippen LogP contribution in [0.2, 0.25) is 0 Å². The van der Waals surface area contributed by atoms with Crippen LogP contribution in [0.5, 0.6) is 0 Å². The molecule has 41 heavy (non-hydrogen) atoms. The van der Waals surface area contributed by atoms with Gasteiger partial charge < -0.3 is 4.90 Å². The number of anilines is 1. The Morgan fingerprint density at radius 3 is 2.34 bits per heavy atom. The van der Waals surface area contributed by atoms with Gasteiger partial charge >= 0.3 is 6.18 Å². The lowest BCUT2D eigenvalue weighted by Gasteiger charge is -2.35. The van der Waals surface area contributed by atoms with Gasteiger partial charge in [0.1, 0.15) is 0 Å². The number of carbonyl (C=O) groups is 3. The van der Waals surface area contributed by atoms with E-state index in [1.54, 1.807) is 0 Å². The predicted molar refractivity (Wildman–Crippen MR) is 149 cm³/mol. The third-order valence-electron chi connectivity index (χ3n) is 8.74. The molecule has 0 unspecified atom stereocenters. The summed E-state index contributed by atoms with van der Waals surface area (Å²) < 4.78 is 40.2. The quantitative estimate of drug-likeness (QED) is 0.246. The Labute approximate surface area is 240 Å². The number of hydrogen-bond donors (Lipinski definition) is 0. The highest BCUT2D eigenvalue weighted by atomic mass is 19.4. The fraction of sp³-hybridized carbons (Fsp3) is 0.613. The Morgan fingerprint density at radius 2 is 1.68 bits per heavy atom. The van der Waals surface area contributed by atoms with Gasteiger partial charge in [-0.3, -0.25) is 19.3 Å². The lowest BCUT2D eigenvalue weighted by Crippen LogP contribution is -2.48.